The minimum atomic E-state index is -0.328. The molecule has 0 heterocycles. The van der Waals surface area contributed by atoms with Crippen LogP contribution >= 0.6 is 11.6 Å². The molecule has 1 aliphatic rings. The van der Waals surface area contributed by atoms with Crippen molar-refractivity contribution in [3.8, 4) is 0 Å². The molecule has 138 valence electrons. The van der Waals surface area contributed by atoms with Gasteiger partial charge in [-0.1, -0.05) is 49.9 Å². The molecule has 1 aromatic rings. The van der Waals surface area contributed by atoms with Crippen molar-refractivity contribution >= 4 is 23.4 Å². The first-order chi connectivity index (χ1) is 12.0. The van der Waals surface area contributed by atoms with E-state index >= 15 is 0 Å². The van der Waals surface area contributed by atoms with Gasteiger partial charge in [0.1, 0.15) is 0 Å². The van der Waals surface area contributed by atoms with Crippen LogP contribution in [0.3, 0.4) is 0 Å². The summed E-state index contributed by atoms with van der Waals surface area (Å²) in [6, 6.07) is 7.22. The van der Waals surface area contributed by atoms with Gasteiger partial charge in [0.15, 0.2) is 0 Å². The van der Waals surface area contributed by atoms with Crippen molar-refractivity contribution < 1.29 is 9.59 Å². The van der Waals surface area contributed by atoms with Gasteiger partial charge in [0.25, 0.3) is 0 Å². The summed E-state index contributed by atoms with van der Waals surface area (Å²) in [7, 11) is 0. The second kappa shape index (κ2) is 9.81. The number of rotatable bonds is 8. The van der Waals surface area contributed by atoms with E-state index < -0.39 is 0 Å². The number of halogens is 1. The molecule has 0 aliphatic heterocycles. The van der Waals surface area contributed by atoms with Gasteiger partial charge in [0.05, 0.1) is 12.5 Å². The molecule has 0 aromatic heterocycles. The Morgan fingerprint density at radius 1 is 1.24 bits per heavy atom. The minimum absolute atomic E-state index is 0.00194. The van der Waals surface area contributed by atoms with Gasteiger partial charge in [-0.25, -0.2) is 0 Å². The van der Waals surface area contributed by atoms with E-state index in [0.717, 1.165) is 12.0 Å². The van der Waals surface area contributed by atoms with E-state index in [0.29, 0.717) is 10.9 Å². The molecular formula is C20H29ClN2O2. The zero-order valence-corrected chi connectivity index (χ0v) is 15.9. The predicted molar refractivity (Wildman–Crippen MR) is 101 cm³/mol. The fraction of sp³-hybridized carbons (Fsp3) is 0.600. The first kappa shape index (κ1) is 19.8. The van der Waals surface area contributed by atoms with E-state index in [-0.39, 0.29) is 30.3 Å². The van der Waals surface area contributed by atoms with Crippen LogP contribution in [0.15, 0.2) is 24.3 Å². The molecule has 1 fully saturated rings. The number of hydrogen-bond acceptors (Lipinski definition) is 2. The normalized spacial score (nSPS) is 20.9. The van der Waals surface area contributed by atoms with Crippen LogP contribution in [0.1, 0.15) is 70.4 Å². The molecule has 0 radical (unpaired) electrons. The van der Waals surface area contributed by atoms with Gasteiger partial charge in [0, 0.05) is 18.0 Å². The largest absolute Gasteiger partial charge is 0.353 e. The molecule has 2 rings (SSSR count). The highest BCUT2D eigenvalue weighted by Crippen LogP contribution is 2.30. The maximum Gasteiger partial charge on any atom is 0.222 e. The molecule has 3 unspecified atom stereocenters. The Morgan fingerprint density at radius 3 is 2.60 bits per heavy atom. The highest BCUT2D eigenvalue weighted by atomic mass is 35.5. The van der Waals surface area contributed by atoms with Crippen LogP contribution in [0.4, 0.5) is 0 Å². The van der Waals surface area contributed by atoms with Crippen molar-refractivity contribution in [1.82, 2.24) is 10.6 Å². The third-order valence-electron chi connectivity index (χ3n) is 4.97. The molecule has 1 aliphatic carbocycles. The predicted octanol–water partition coefficient (Wildman–Crippen LogP) is 4.38. The van der Waals surface area contributed by atoms with Gasteiger partial charge < -0.3 is 10.6 Å². The zero-order valence-electron chi connectivity index (χ0n) is 15.2. The van der Waals surface area contributed by atoms with Crippen molar-refractivity contribution in [3.63, 3.8) is 0 Å². The van der Waals surface area contributed by atoms with Crippen molar-refractivity contribution in [3.05, 3.63) is 34.9 Å². The second-order valence-corrected chi connectivity index (χ2v) is 7.45. The average Bonchev–Trinajstić information content (AvgIpc) is 2.99. The molecule has 3 atom stereocenters. The smallest absolute Gasteiger partial charge is 0.222 e. The Labute approximate surface area is 155 Å². The van der Waals surface area contributed by atoms with Crippen LogP contribution < -0.4 is 10.6 Å². The maximum absolute atomic E-state index is 12.6. The highest BCUT2D eigenvalue weighted by Gasteiger charge is 2.28. The van der Waals surface area contributed by atoms with Crippen molar-refractivity contribution in [2.24, 2.45) is 5.92 Å². The highest BCUT2D eigenvalue weighted by molar-refractivity contribution is 6.30. The van der Waals surface area contributed by atoms with Gasteiger partial charge in [0.2, 0.25) is 11.8 Å². The standard InChI is InChI=1S/C20H29ClN2O2/c1-3-4-6-15-7-5-8-18(15)23-20(25)13-19(22-14(2)24)16-9-11-17(21)12-10-16/h9-12,15,18-19H,3-8,13H2,1-2H3,(H,22,24)(H,23,25). The number of benzene rings is 1. The summed E-state index contributed by atoms with van der Waals surface area (Å²) in [5.41, 5.74) is 0.892. The molecule has 2 amide bonds. The fourth-order valence-electron chi connectivity index (χ4n) is 3.68. The first-order valence-corrected chi connectivity index (χ1v) is 9.69. The Kier molecular flexibility index (Phi) is 7.76. The number of nitrogens with one attached hydrogen (secondary N) is 2. The van der Waals surface area contributed by atoms with Crippen LogP contribution in [0.2, 0.25) is 5.02 Å². The number of carbonyl (C=O) groups is 2. The van der Waals surface area contributed by atoms with Crippen LogP contribution in [0.5, 0.6) is 0 Å². The maximum atomic E-state index is 12.6. The molecule has 1 aromatic carbocycles. The Hall–Kier alpha value is -1.55. The van der Waals surface area contributed by atoms with Gasteiger partial charge in [-0.05, 0) is 42.9 Å². The monoisotopic (exact) mass is 364 g/mol. The molecule has 2 N–H and O–H groups in total. The Bertz CT molecular complexity index is 574. The lowest BCUT2D eigenvalue weighted by atomic mass is 9.96. The molecule has 0 bridgehead atoms. The fourth-order valence-corrected chi connectivity index (χ4v) is 3.81. The van der Waals surface area contributed by atoms with Gasteiger partial charge >= 0.3 is 0 Å². The lowest BCUT2D eigenvalue weighted by Gasteiger charge is -2.23. The van der Waals surface area contributed by atoms with Crippen LogP contribution in [-0.4, -0.2) is 17.9 Å². The molecule has 25 heavy (non-hydrogen) atoms. The third kappa shape index (κ3) is 6.35. The minimum Gasteiger partial charge on any atom is -0.353 e. The third-order valence-corrected chi connectivity index (χ3v) is 5.23. The van der Waals surface area contributed by atoms with Gasteiger partial charge in [-0.15, -0.1) is 0 Å². The molecule has 1 saturated carbocycles. The lowest BCUT2D eigenvalue weighted by Crippen LogP contribution is -2.39. The lowest BCUT2D eigenvalue weighted by molar-refractivity contribution is -0.123. The van der Waals surface area contributed by atoms with E-state index in [1.165, 1.54) is 39.0 Å². The molecular weight excluding hydrogens is 336 g/mol. The molecule has 4 nitrogen and oxygen atoms in total. The summed E-state index contributed by atoms with van der Waals surface area (Å²) in [6.07, 6.45) is 7.30. The number of unbranched alkanes of at least 4 members (excludes halogenated alkanes) is 1. The van der Waals surface area contributed by atoms with E-state index in [9.17, 15) is 9.59 Å². The summed E-state index contributed by atoms with van der Waals surface area (Å²) in [5.74, 6) is 0.454. The summed E-state index contributed by atoms with van der Waals surface area (Å²) in [4.78, 5) is 24.1. The van der Waals surface area contributed by atoms with Crippen LogP contribution in [0.25, 0.3) is 0 Å². The zero-order chi connectivity index (χ0) is 18.2. The van der Waals surface area contributed by atoms with Crippen molar-refractivity contribution in [2.75, 3.05) is 0 Å². The Balaban J connectivity index is 1.96. The average molecular weight is 365 g/mol. The number of amides is 2. The van der Waals surface area contributed by atoms with Crippen LogP contribution in [0, 0.1) is 5.92 Å². The summed E-state index contributed by atoms with van der Waals surface area (Å²) in [6.45, 7) is 3.67. The molecule has 0 saturated heterocycles. The number of carbonyl (C=O) groups excluding carboxylic acids is 2. The topological polar surface area (TPSA) is 58.2 Å². The van der Waals surface area contributed by atoms with Gasteiger partial charge in [-0.3, -0.25) is 9.59 Å². The summed E-state index contributed by atoms with van der Waals surface area (Å²) >= 11 is 5.93. The van der Waals surface area contributed by atoms with Gasteiger partial charge in [-0.2, -0.15) is 0 Å². The summed E-state index contributed by atoms with van der Waals surface area (Å²) in [5, 5.41) is 6.72. The van der Waals surface area contributed by atoms with E-state index in [4.69, 9.17) is 11.6 Å². The van der Waals surface area contributed by atoms with E-state index in [1.54, 1.807) is 12.1 Å². The van der Waals surface area contributed by atoms with E-state index in [2.05, 4.69) is 17.6 Å². The van der Waals surface area contributed by atoms with E-state index in [1.807, 2.05) is 12.1 Å². The van der Waals surface area contributed by atoms with Crippen molar-refractivity contribution in [1.29, 1.82) is 0 Å². The second-order valence-electron chi connectivity index (χ2n) is 7.02. The number of hydrogen-bond donors (Lipinski definition) is 2. The quantitative estimate of drug-likeness (QED) is 0.719. The van der Waals surface area contributed by atoms with Crippen molar-refractivity contribution in [2.45, 2.75) is 70.9 Å². The Morgan fingerprint density at radius 2 is 1.96 bits per heavy atom. The molecule has 5 heteroatoms. The molecule has 0 spiro atoms. The van der Waals surface area contributed by atoms with Crippen LogP contribution in [-0.2, 0) is 9.59 Å². The summed E-state index contributed by atoms with van der Waals surface area (Å²) < 4.78 is 0. The SMILES string of the molecule is CCCCC1CCCC1NC(=O)CC(NC(C)=O)c1ccc(Cl)cc1. The first-order valence-electron chi connectivity index (χ1n) is 9.31.